The Bertz CT molecular complexity index is 761. The molecule has 1 unspecified atom stereocenters. The molecule has 2 heterocycles. The lowest BCUT2D eigenvalue weighted by Crippen LogP contribution is -2.24. The molecule has 0 bridgehead atoms. The number of nitrogens with two attached hydrogens (primary N) is 1. The van der Waals surface area contributed by atoms with Crippen LogP contribution in [0.25, 0.3) is 10.9 Å². The van der Waals surface area contributed by atoms with Crippen molar-refractivity contribution < 1.29 is 0 Å². The SMILES string of the molecule is Nc1ccc2nn3c(c2c1)NCCC3c1ccccc1. The minimum atomic E-state index is 0.293. The van der Waals surface area contributed by atoms with Gasteiger partial charge < -0.3 is 11.1 Å². The highest BCUT2D eigenvalue weighted by Gasteiger charge is 2.24. The molecule has 0 fully saturated rings. The maximum absolute atomic E-state index is 5.90. The zero-order chi connectivity index (χ0) is 13.5. The molecule has 100 valence electrons. The van der Waals surface area contributed by atoms with Crippen LogP contribution in [0, 0.1) is 0 Å². The van der Waals surface area contributed by atoms with Gasteiger partial charge in [-0.05, 0) is 30.2 Å². The smallest absolute Gasteiger partial charge is 0.133 e. The predicted molar refractivity (Wildman–Crippen MR) is 81.8 cm³/mol. The first-order chi connectivity index (χ1) is 9.83. The van der Waals surface area contributed by atoms with Gasteiger partial charge in [0.1, 0.15) is 5.82 Å². The lowest BCUT2D eigenvalue weighted by molar-refractivity contribution is 0.486. The van der Waals surface area contributed by atoms with Crippen LogP contribution in [0.3, 0.4) is 0 Å². The highest BCUT2D eigenvalue weighted by Crippen LogP contribution is 2.34. The quantitative estimate of drug-likeness (QED) is 0.664. The molecule has 2 aromatic carbocycles. The van der Waals surface area contributed by atoms with Crippen molar-refractivity contribution in [1.82, 2.24) is 9.78 Å². The van der Waals surface area contributed by atoms with Crippen LogP contribution in [0.1, 0.15) is 18.0 Å². The van der Waals surface area contributed by atoms with Crippen LogP contribution < -0.4 is 11.1 Å². The van der Waals surface area contributed by atoms with Gasteiger partial charge in [0.15, 0.2) is 0 Å². The molecule has 0 saturated carbocycles. The number of nitrogen functional groups attached to an aromatic ring is 1. The summed E-state index contributed by atoms with van der Waals surface area (Å²) in [6.45, 7) is 0.954. The molecule has 0 radical (unpaired) electrons. The van der Waals surface area contributed by atoms with Gasteiger partial charge in [-0.15, -0.1) is 0 Å². The van der Waals surface area contributed by atoms with Crippen molar-refractivity contribution in [3.8, 4) is 0 Å². The molecule has 4 rings (SSSR count). The predicted octanol–water partition coefficient (Wildman–Crippen LogP) is 3.02. The van der Waals surface area contributed by atoms with Crippen LogP contribution in [0.2, 0.25) is 0 Å². The second kappa shape index (κ2) is 4.27. The molecule has 4 nitrogen and oxygen atoms in total. The maximum atomic E-state index is 5.90. The van der Waals surface area contributed by atoms with E-state index >= 15 is 0 Å². The second-order valence-corrected chi connectivity index (χ2v) is 5.21. The van der Waals surface area contributed by atoms with Gasteiger partial charge in [0.05, 0.1) is 11.6 Å². The third-order valence-electron chi connectivity index (χ3n) is 3.91. The minimum absolute atomic E-state index is 0.293. The van der Waals surface area contributed by atoms with E-state index in [2.05, 4.69) is 34.3 Å². The van der Waals surface area contributed by atoms with E-state index in [0.29, 0.717) is 6.04 Å². The van der Waals surface area contributed by atoms with Gasteiger partial charge in [0.2, 0.25) is 0 Å². The number of nitrogens with zero attached hydrogens (tertiary/aromatic N) is 2. The Morgan fingerprint density at radius 1 is 1.15 bits per heavy atom. The first-order valence-electron chi connectivity index (χ1n) is 6.89. The molecular formula is C16H16N4. The molecule has 4 heteroatoms. The summed E-state index contributed by atoms with van der Waals surface area (Å²) in [4.78, 5) is 0. The van der Waals surface area contributed by atoms with E-state index in [4.69, 9.17) is 10.8 Å². The van der Waals surface area contributed by atoms with E-state index in [-0.39, 0.29) is 0 Å². The molecule has 0 amide bonds. The lowest BCUT2D eigenvalue weighted by atomic mass is 10.0. The summed E-state index contributed by atoms with van der Waals surface area (Å²) in [5.41, 5.74) is 8.96. The molecule has 0 aliphatic carbocycles. The molecule has 1 aliphatic rings. The van der Waals surface area contributed by atoms with Crippen molar-refractivity contribution in [2.75, 3.05) is 17.6 Å². The van der Waals surface area contributed by atoms with Gasteiger partial charge in [-0.3, -0.25) is 0 Å². The Morgan fingerprint density at radius 2 is 2.00 bits per heavy atom. The third kappa shape index (κ3) is 1.65. The Kier molecular flexibility index (Phi) is 2.42. The number of nitrogens with one attached hydrogen (secondary N) is 1. The zero-order valence-electron chi connectivity index (χ0n) is 11.1. The largest absolute Gasteiger partial charge is 0.399 e. The van der Waals surface area contributed by atoms with Crippen LogP contribution in [-0.4, -0.2) is 16.3 Å². The summed E-state index contributed by atoms with van der Waals surface area (Å²) < 4.78 is 2.10. The van der Waals surface area contributed by atoms with E-state index in [0.717, 1.165) is 35.4 Å². The van der Waals surface area contributed by atoms with Crippen molar-refractivity contribution in [2.24, 2.45) is 0 Å². The molecule has 1 atom stereocenters. The molecule has 3 aromatic rings. The average molecular weight is 264 g/mol. The van der Waals surface area contributed by atoms with Crippen molar-refractivity contribution in [2.45, 2.75) is 12.5 Å². The number of hydrogen-bond donors (Lipinski definition) is 2. The number of fused-ring (bicyclic) bond motifs is 3. The van der Waals surface area contributed by atoms with Crippen LogP contribution in [0.4, 0.5) is 11.5 Å². The van der Waals surface area contributed by atoms with Crippen molar-refractivity contribution in [3.63, 3.8) is 0 Å². The van der Waals surface area contributed by atoms with Gasteiger partial charge >= 0.3 is 0 Å². The van der Waals surface area contributed by atoms with Crippen LogP contribution >= 0.6 is 0 Å². The minimum Gasteiger partial charge on any atom is -0.399 e. The fraction of sp³-hybridized carbons (Fsp3) is 0.188. The summed E-state index contributed by atoms with van der Waals surface area (Å²) in [6.07, 6.45) is 1.04. The third-order valence-corrected chi connectivity index (χ3v) is 3.91. The second-order valence-electron chi connectivity index (χ2n) is 5.21. The van der Waals surface area contributed by atoms with Crippen LogP contribution in [-0.2, 0) is 0 Å². The number of aromatic nitrogens is 2. The lowest BCUT2D eigenvalue weighted by Gasteiger charge is -2.26. The van der Waals surface area contributed by atoms with E-state index < -0.39 is 0 Å². The normalized spacial score (nSPS) is 17.7. The number of anilines is 2. The van der Waals surface area contributed by atoms with Gasteiger partial charge in [-0.2, -0.15) is 5.10 Å². The first-order valence-corrected chi connectivity index (χ1v) is 6.89. The van der Waals surface area contributed by atoms with Gasteiger partial charge in [0, 0.05) is 17.6 Å². The molecule has 0 saturated heterocycles. The van der Waals surface area contributed by atoms with E-state index in [1.54, 1.807) is 0 Å². The highest BCUT2D eigenvalue weighted by atomic mass is 15.4. The van der Waals surface area contributed by atoms with Gasteiger partial charge in [-0.25, -0.2) is 4.68 Å². The maximum Gasteiger partial charge on any atom is 0.133 e. The number of hydrogen-bond acceptors (Lipinski definition) is 3. The van der Waals surface area contributed by atoms with E-state index in [1.807, 2.05) is 24.3 Å². The summed E-state index contributed by atoms with van der Waals surface area (Å²) in [7, 11) is 0. The van der Waals surface area contributed by atoms with Gasteiger partial charge in [0.25, 0.3) is 0 Å². The van der Waals surface area contributed by atoms with E-state index in [1.165, 1.54) is 5.56 Å². The Labute approximate surface area is 117 Å². The van der Waals surface area contributed by atoms with Crippen LogP contribution in [0.15, 0.2) is 48.5 Å². The molecular weight excluding hydrogens is 248 g/mol. The molecule has 3 N–H and O–H groups in total. The molecule has 20 heavy (non-hydrogen) atoms. The van der Waals surface area contributed by atoms with Gasteiger partial charge in [-0.1, -0.05) is 30.3 Å². The topological polar surface area (TPSA) is 55.9 Å². The Balaban J connectivity index is 1.91. The van der Waals surface area contributed by atoms with Crippen molar-refractivity contribution >= 4 is 22.4 Å². The molecule has 0 spiro atoms. The summed E-state index contributed by atoms with van der Waals surface area (Å²) in [5, 5.41) is 9.31. The Morgan fingerprint density at radius 3 is 2.85 bits per heavy atom. The fourth-order valence-electron chi connectivity index (χ4n) is 2.95. The van der Waals surface area contributed by atoms with E-state index in [9.17, 15) is 0 Å². The summed E-state index contributed by atoms with van der Waals surface area (Å²) in [6, 6.07) is 16.7. The standard InChI is InChI=1S/C16H16N4/c17-12-6-7-14-13(10-12)16-18-9-8-15(20(16)19-14)11-4-2-1-3-5-11/h1-7,10,15,18H,8-9,17H2. The first kappa shape index (κ1) is 11.3. The number of benzene rings is 2. The summed E-state index contributed by atoms with van der Waals surface area (Å²) in [5.74, 6) is 1.08. The zero-order valence-corrected chi connectivity index (χ0v) is 11.1. The fourth-order valence-corrected chi connectivity index (χ4v) is 2.95. The monoisotopic (exact) mass is 264 g/mol. The average Bonchev–Trinajstić information content (AvgIpc) is 2.86. The molecule has 1 aliphatic heterocycles. The highest BCUT2D eigenvalue weighted by molar-refractivity contribution is 5.92. The summed E-state index contributed by atoms with van der Waals surface area (Å²) >= 11 is 0. The van der Waals surface area contributed by atoms with Crippen molar-refractivity contribution in [1.29, 1.82) is 0 Å². The molecule has 1 aromatic heterocycles. The van der Waals surface area contributed by atoms with Crippen molar-refractivity contribution in [3.05, 3.63) is 54.1 Å². The Hall–Kier alpha value is -2.49. The number of rotatable bonds is 1. The van der Waals surface area contributed by atoms with Crippen LogP contribution in [0.5, 0.6) is 0 Å².